The number of aryl methyl sites for hydroxylation is 3. The van der Waals surface area contributed by atoms with Crippen LogP contribution in [0, 0.1) is 0 Å². The van der Waals surface area contributed by atoms with Crippen molar-refractivity contribution in [2.24, 2.45) is 0 Å². The minimum Gasteiger partial charge on any atom is -0.481 e. The number of aromatic nitrogens is 4. The average Bonchev–Trinajstić information content (AvgIpc) is 3.44. The Morgan fingerprint density at radius 2 is 1.93 bits per heavy atom. The molecule has 4 rings (SSSR count). The maximum absolute atomic E-state index is 13.1. The fraction of sp³-hybridized carbons (Fsp3) is 0.467. The Hall–Kier alpha value is -4.48. The van der Waals surface area contributed by atoms with Crippen LogP contribution in [0.3, 0.4) is 0 Å². The summed E-state index contributed by atoms with van der Waals surface area (Å²) in [5.41, 5.74) is 2.20. The molecule has 224 valence electrons. The molecule has 0 saturated heterocycles. The third-order valence-corrected chi connectivity index (χ3v) is 6.56. The van der Waals surface area contributed by atoms with E-state index in [1.807, 2.05) is 32.9 Å². The van der Waals surface area contributed by atoms with E-state index in [0.717, 1.165) is 24.1 Å². The molecule has 3 aromatic heterocycles. The largest absolute Gasteiger partial charge is 0.481 e. The first-order valence-electron chi connectivity index (χ1n) is 14.0. The van der Waals surface area contributed by atoms with Gasteiger partial charge in [-0.2, -0.15) is 5.10 Å². The van der Waals surface area contributed by atoms with Crippen LogP contribution in [0.5, 0.6) is 5.88 Å². The number of nitrogens with zero attached hydrogens (tertiary/aromatic N) is 5. The Morgan fingerprint density at radius 1 is 1.12 bits per heavy atom. The number of rotatable bonds is 10. The Bertz CT molecular complexity index is 1400. The Balaban J connectivity index is 1.41. The quantitative estimate of drug-likeness (QED) is 0.353. The summed E-state index contributed by atoms with van der Waals surface area (Å²) in [6, 6.07) is 6.73. The molecule has 0 spiro atoms. The summed E-state index contributed by atoms with van der Waals surface area (Å²) in [6.45, 7) is 8.52. The molecule has 12 heteroatoms. The van der Waals surface area contributed by atoms with E-state index in [2.05, 4.69) is 15.4 Å². The van der Waals surface area contributed by atoms with E-state index in [4.69, 9.17) is 19.2 Å². The highest BCUT2D eigenvalue weighted by Crippen LogP contribution is 2.27. The lowest BCUT2D eigenvalue weighted by Crippen LogP contribution is -2.40. The number of hydrogen-bond acceptors (Lipinski definition) is 9. The number of amides is 2. The standard InChI is InChI=1S/C30H38N6O6/c1-6-41-26(37)16-24(21-10-12-25(40-5)31-17-21)34-28(38)22-18-32-35(19-22)15-13-23-11-9-20-8-7-14-36(27(20)33-23)29(39)42-30(2,3)4/h9-12,17-19,24H,6-8,13-16H2,1-5H3,(H,34,38)/t24-/m0/s1. The van der Waals surface area contributed by atoms with Gasteiger partial charge >= 0.3 is 12.1 Å². The molecule has 2 amide bonds. The fourth-order valence-corrected chi connectivity index (χ4v) is 4.54. The van der Waals surface area contributed by atoms with Crippen molar-refractivity contribution in [2.75, 3.05) is 25.2 Å². The fourth-order valence-electron chi connectivity index (χ4n) is 4.54. The first-order chi connectivity index (χ1) is 20.1. The average molecular weight is 579 g/mol. The summed E-state index contributed by atoms with van der Waals surface area (Å²) in [5, 5.41) is 7.23. The van der Waals surface area contributed by atoms with Crippen LogP contribution in [-0.2, 0) is 33.7 Å². The number of methoxy groups -OCH3 is 1. The van der Waals surface area contributed by atoms with Crippen molar-refractivity contribution in [2.45, 2.75) is 71.6 Å². The molecule has 0 aromatic carbocycles. The van der Waals surface area contributed by atoms with E-state index in [9.17, 15) is 14.4 Å². The Morgan fingerprint density at radius 3 is 2.62 bits per heavy atom. The van der Waals surface area contributed by atoms with Crippen LogP contribution in [0.2, 0.25) is 0 Å². The van der Waals surface area contributed by atoms with Gasteiger partial charge in [0.05, 0.1) is 37.9 Å². The van der Waals surface area contributed by atoms with Gasteiger partial charge in [0, 0.05) is 43.7 Å². The van der Waals surface area contributed by atoms with Gasteiger partial charge in [0.15, 0.2) is 0 Å². The predicted molar refractivity (Wildman–Crippen MR) is 154 cm³/mol. The van der Waals surface area contributed by atoms with Crippen LogP contribution in [0.1, 0.15) is 73.8 Å². The summed E-state index contributed by atoms with van der Waals surface area (Å²) < 4.78 is 17.5. The van der Waals surface area contributed by atoms with Crippen molar-refractivity contribution in [1.82, 2.24) is 25.1 Å². The van der Waals surface area contributed by atoms with Crippen molar-refractivity contribution in [3.63, 3.8) is 0 Å². The first kappa shape index (κ1) is 30.5. The number of pyridine rings is 2. The van der Waals surface area contributed by atoms with Crippen LogP contribution < -0.4 is 15.0 Å². The minimum absolute atomic E-state index is 0.0496. The van der Waals surface area contributed by atoms with Crippen LogP contribution >= 0.6 is 0 Å². The summed E-state index contributed by atoms with van der Waals surface area (Å²) in [6.07, 6.45) is 6.48. The third kappa shape index (κ3) is 8.05. The lowest BCUT2D eigenvalue weighted by molar-refractivity contribution is -0.143. The topological polar surface area (TPSA) is 138 Å². The van der Waals surface area contributed by atoms with E-state index in [1.54, 1.807) is 41.0 Å². The van der Waals surface area contributed by atoms with Crippen molar-refractivity contribution in [3.8, 4) is 5.88 Å². The molecule has 4 heterocycles. The molecule has 12 nitrogen and oxygen atoms in total. The second-order valence-electron chi connectivity index (χ2n) is 10.9. The maximum Gasteiger partial charge on any atom is 0.416 e. The number of fused-ring (bicyclic) bond motifs is 1. The van der Waals surface area contributed by atoms with Gasteiger partial charge in [-0.15, -0.1) is 0 Å². The number of carbonyl (C=O) groups excluding carboxylic acids is 3. The molecule has 1 N–H and O–H groups in total. The van der Waals surface area contributed by atoms with Crippen LogP contribution in [0.15, 0.2) is 42.9 Å². The zero-order valence-corrected chi connectivity index (χ0v) is 24.8. The van der Waals surface area contributed by atoms with Crippen molar-refractivity contribution in [3.05, 3.63) is 65.2 Å². The lowest BCUT2D eigenvalue weighted by Gasteiger charge is -2.31. The summed E-state index contributed by atoms with van der Waals surface area (Å²) >= 11 is 0. The number of hydrogen-bond donors (Lipinski definition) is 1. The van der Waals surface area contributed by atoms with Gasteiger partial charge in [0.25, 0.3) is 5.91 Å². The number of esters is 1. The van der Waals surface area contributed by atoms with Crippen LogP contribution in [0.4, 0.5) is 10.6 Å². The summed E-state index contributed by atoms with van der Waals surface area (Å²) in [7, 11) is 1.51. The number of carbonyl (C=O) groups is 3. The zero-order valence-electron chi connectivity index (χ0n) is 24.8. The first-order valence-corrected chi connectivity index (χ1v) is 14.0. The highest BCUT2D eigenvalue weighted by Gasteiger charge is 2.28. The van der Waals surface area contributed by atoms with Crippen LogP contribution in [-0.4, -0.2) is 63.6 Å². The highest BCUT2D eigenvalue weighted by molar-refractivity contribution is 5.94. The second kappa shape index (κ2) is 13.5. The Labute approximate surface area is 245 Å². The number of anilines is 1. The third-order valence-electron chi connectivity index (χ3n) is 6.56. The molecule has 1 aliphatic heterocycles. The van der Waals surface area contributed by atoms with E-state index in [0.29, 0.717) is 42.3 Å². The smallest absolute Gasteiger partial charge is 0.416 e. The molecular weight excluding hydrogens is 540 g/mol. The molecule has 1 atom stereocenters. The van der Waals surface area contributed by atoms with Crippen molar-refractivity contribution >= 4 is 23.8 Å². The maximum atomic E-state index is 13.1. The van der Waals surface area contributed by atoms with Gasteiger partial charge in [-0.3, -0.25) is 19.2 Å². The van der Waals surface area contributed by atoms with E-state index < -0.39 is 23.7 Å². The molecule has 0 saturated carbocycles. The van der Waals surface area contributed by atoms with Crippen molar-refractivity contribution in [1.29, 1.82) is 0 Å². The number of ether oxygens (including phenoxy) is 3. The van der Waals surface area contributed by atoms with Crippen LogP contribution in [0.25, 0.3) is 0 Å². The molecular formula is C30H38N6O6. The molecule has 0 radical (unpaired) electrons. The monoisotopic (exact) mass is 578 g/mol. The molecule has 0 unspecified atom stereocenters. The van der Waals surface area contributed by atoms with E-state index in [-0.39, 0.29) is 18.9 Å². The lowest BCUT2D eigenvalue weighted by atomic mass is 10.0. The summed E-state index contributed by atoms with van der Waals surface area (Å²) in [4.78, 5) is 48.7. The van der Waals surface area contributed by atoms with Gasteiger partial charge in [-0.05, 0) is 57.7 Å². The molecule has 3 aromatic rings. The van der Waals surface area contributed by atoms with Gasteiger partial charge in [0.2, 0.25) is 5.88 Å². The van der Waals surface area contributed by atoms with Crippen molar-refractivity contribution < 1.29 is 28.6 Å². The Kier molecular flexibility index (Phi) is 9.76. The minimum atomic E-state index is -0.647. The molecule has 1 aliphatic rings. The van der Waals surface area contributed by atoms with E-state index >= 15 is 0 Å². The van der Waals surface area contributed by atoms with Gasteiger partial charge < -0.3 is 19.5 Å². The molecule has 0 aliphatic carbocycles. The van der Waals surface area contributed by atoms with Gasteiger partial charge in [-0.1, -0.05) is 12.1 Å². The van der Waals surface area contributed by atoms with E-state index in [1.165, 1.54) is 13.3 Å². The predicted octanol–water partition coefficient (Wildman–Crippen LogP) is 4.04. The summed E-state index contributed by atoms with van der Waals surface area (Å²) in [5.74, 6) is 0.241. The van der Waals surface area contributed by atoms with Gasteiger partial charge in [0.1, 0.15) is 11.4 Å². The second-order valence-corrected chi connectivity index (χ2v) is 10.9. The van der Waals surface area contributed by atoms with Gasteiger partial charge in [-0.25, -0.2) is 14.8 Å². The zero-order chi connectivity index (χ0) is 30.3. The highest BCUT2D eigenvalue weighted by atomic mass is 16.6. The number of nitrogens with one attached hydrogen (secondary N) is 1. The molecule has 42 heavy (non-hydrogen) atoms. The molecule has 0 bridgehead atoms. The normalized spacial score (nSPS) is 13.6. The molecule has 0 fully saturated rings. The SMILES string of the molecule is CCOC(=O)C[C@H](NC(=O)c1cnn(CCc2ccc3c(n2)N(C(=O)OC(C)(C)C)CCC3)c1)c1ccc(OC)nc1.